The molecule has 0 aliphatic rings. The minimum Gasteiger partial charge on any atom is -0.493 e. The van der Waals surface area contributed by atoms with Crippen LogP contribution in [0, 0.1) is 0 Å². The molecule has 19 heavy (non-hydrogen) atoms. The fourth-order valence-corrected chi connectivity index (χ4v) is 2.17. The zero-order valence-electron chi connectivity index (χ0n) is 11.7. The molecule has 0 unspecified atom stereocenters. The summed E-state index contributed by atoms with van der Waals surface area (Å²) < 4.78 is 11.0. The van der Waals surface area contributed by atoms with E-state index in [1.165, 1.54) is 0 Å². The van der Waals surface area contributed by atoms with Gasteiger partial charge in [-0.05, 0) is 43.0 Å². The Morgan fingerprint density at radius 2 is 2.16 bits per heavy atom. The molecule has 0 spiro atoms. The van der Waals surface area contributed by atoms with Crippen LogP contribution in [0.15, 0.2) is 23.4 Å². The van der Waals surface area contributed by atoms with Gasteiger partial charge < -0.3 is 14.7 Å². The Kier molecular flexibility index (Phi) is 7.18. The first-order chi connectivity index (χ1) is 9.22. The van der Waals surface area contributed by atoms with Crippen molar-refractivity contribution in [1.29, 1.82) is 0 Å². The maximum atomic E-state index is 8.76. The van der Waals surface area contributed by atoms with E-state index in [4.69, 9.17) is 14.7 Å². The molecule has 5 heteroatoms. The Balaban J connectivity index is 2.63. The molecule has 0 aliphatic heterocycles. The Labute approximate surface area is 118 Å². The lowest BCUT2D eigenvalue weighted by atomic mass is 10.1. The summed E-state index contributed by atoms with van der Waals surface area (Å²) in [7, 11) is 1.60. The van der Waals surface area contributed by atoms with Gasteiger partial charge in [0.2, 0.25) is 0 Å². The summed E-state index contributed by atoms with van der Waals surface area (Å²) >= 11 is 1.91. The van der Waals surface area contributed by atoms with Crippen LogP contribution in [0.25, 0.3) is 0 Å². The van der Waals surface area contributed by atoms with Gasteiger partial charge in [-0.25, -0.2) is 0 Å². The predicted molar refractivity (Wildman–Crippen MR) is 80.1 cm³/mol. The number of rotatable bonds is 8. The molecule has 0 aliphatic carbocycles. The first-order valence-corrected chi connectivity index (χ1v) is 7.46. The summed E-state index contributed by atoms with van der Waals surface area (Å²) in [4.78, 5) is 0. The number of benzene rings is 1. The van der Waals surface area contributed by atoms with Crippen molar-refractivity contribution < 1.29 is 14.7 Å². The molecule has 0 heterocycles. The van der Waals surface area contributed by atoms with Crippen molar-refractivity contribution in [3.8, 4) is 11.5 Å². The molecule has 0 amide bonds. The number of hydrogen-bond acceptors (Lipinski definition) is 5. The van der Waals surface area contributed by atoms with Crippen LogP contribution >= 0.6 is 11.8 Å². The Hall–Kier alpha value is -1.36. The molecule has 0 saturated heterocycles. The number of methoxy groups -OCH3 is 1. The monoisotopic (exact) mass is 283 g/mol. The minimum atomic E-state index is 0.546. The lowest BCUT2D eigenvalue weighted by Crippen LogP contribution is -2.02. The first kappa shape index (κ1) is 15.7. The molecule has 0 radical (unpaired) electrons. The van der Waals surface area contributed by atoms with Crippen molar-refractivity contribution in [2.75, 3.05) is 25.2 Å². The molecule has 1 rings (SSSR count). The second-order valence-corrected chi connectivity index (χ2v) is 5.34. The smallest absolute Gasteiger partial charge is 0.161 e. The predicted octanol–water partition coefficient (Wildman–Crippen LogP) is 3.42. The highest BCUT2D eigenvalue weighted by Gasteiger charge is 2.07. The SMILES string of the molecule is CCSCCCOc1ccc(/C(C)=N/O)cc1OC. The number of oxime groups is 1. The second kappa shape index (κ2) is 8.69. The lowest BCUT2D eigenvalue weighted by molar-refractivity contribution is 0.295. The van der Waals surface area contributed by atoms with Gasteiger partial charge in [0.05, 0.1) is 19.4 Å². The van der Waals surface area contributed by atoms with Crippen LogP contribution in [0.1, 0.15) is 25.8 Å². The summed E-state index contributed by atoms with van der Waals surface area (Å²) in [5.41, 5.74) is 1.36. The van der Waals surface area contributed by atoms with E-state index in [0.29, 0.717) is 18.1 Å². The Bertz CT molecular complexity index is 421. The van der Waals surface area contributed by atoms with E-state index in [-0.39, 0.29) is 0 Å². The fourth-order valence-electron chi connectivity index (χ4n) is 1.56. The van der Waals surface area contributed by atoms with Gasteiger partial charge in [0.25, 0.3) is 0 Å². The normalized spacial score (nSPS) is 11.4. The Morgan fingerprint density at radius 3 is 2.79 bits per heavy atom. The van der Waals surface area contributed by atoms with Gasteiger partial charge in [0.15, 0.2) is 11.5 Å². The van der Waals surface area contributed by atoms with E-state index < -0.39 is 0 Å². The molecule has 106 valence electrons. The van der Waals surface area contributed by atoms with E-state index in [0.717, 1.165) is 29.2 Å². The molecule has 0 atom stereocenters. The summed E-state index contributed by atoms with van der Waals surface area (Å²) in [5.74, 6) is 3.62. The highest BCUT2D eigenvalue weighted by molar-refractivity contribution is 7.99. The van der Waals surface area contributed by atoms with Crippen LogP contribution in [0.2, 0.25) is 0 Å². The van der Waals surface area contributed by atoms with Gasteiger partial charge in [0, 0.05) is 5.56 Å². The highest BCUT2D eigenvalue weighted by Crippen LogP contribution is 2.28. The maximum Gasteiger partial charge on any atom is 0.161 e. The molecule has 0 saturated carbocycles. The van der Waals surface area contributed by atoms with Crippen LogP contribution in [0.5, 0.6) is 11.5 Å². The second-order valence-electron chi connectivity index (χ2n) is 3.95. The van der Waals surface area contributed by atoms with Crippen LogP contribution in [-0.4, -0.2) is 36.1 Å². The third kappa shape index (κ3) is 5.03. The zero-order valence-corrected chi connectivity index (χ0v) is 12.5. The molecular formula is C14H21NO3S. The van der Waals surface area contributed by atoms with Gasteiger partial charge in [-0.3, -0.25) is 0 Å². The molecule has 0 aromatic heterocycles. The van der Waals surface area contributed by atoms with Crippen molar-refractivity contribution in [3.05, 3.63) is 23.8 Å². The third-order valence-corrected chi connectivity index (χ3v) is 3.61. The number of ether oxygens (including phenoxy) is 2. The zero-order chi connectivity index (χ0) is 14.1. The Morgan fingerprint density at radius 1 is 1.37 bits per heavy atom. The first-order valence-electron chi connectivity index (χ1n) is 6.30. The topological polar surface area (TPSA) is 51.0 Å². The van der Waals surface area contributed by atoms with E-state index >= 15 is 0 Å². The van der Waals surface area contributed by atoms with Crippen LogP contribution < -0.4 is 9.47 Å². The summed E-state index contributed by atoms with van der Waals surface area (Å²) in [6, 6.07) is 5.51. The summed E-state index contributed by atoms with van der Waals surface area (Å²) in [5, 5.41) is 11.9. The molecule has 0 bridgehead atoms. The number of nitrogens with zero attached hydrogens (tertiary/aromatic N) is 1. The van der Waals surface area contributed by atoms with E-state index in [1.54, 1.807) is 14.0 Å². The van der Waals surface area contributed by atoms with Gasteiger partial charge in [-0.2, -0.15) is 11.8 Å². The average Bonchev–Trinajstić information content (AvgIpc) is 2.46. The molecular weight excluding hydrogens is 262 g/mol. The van der Waals surface area contributed by atoms with Gasteiger partial charge >= 0.3 is 0 Å². The molecule has 4 nitrogen and oxygen atoms in total. The number of hydrogen-bond donors (Lipinski definition) is 1. The van der Waals surface area contributed by atoms with Gasteiger partial charge in [-0.15, -0.1) is 0 Å². The van der Waals surface area contributed by atoms with Crippen molar-refractivity contribution in [3.63, 3.8) is 0 Å². The average molecular weight is 283 g/mol. The van der Waals surface area contributed by atoms with E-state index in [1.807, 2.05) is 30.0 Å². The van der Waals surface area contributed by atoms with E-state index in [9.17, 15) is 0 Å². The molecule has 0 fully saturated rings. The van der Waals surface area contributed by atoms with Gasteiger partial charge in [-0.1, -0.05) is 12.1 Å². The highest BCUT2D eigenvalue weighted by atomic mass is 32.2. The van der Waals surface area contributed by atoms with Crippen LogP contribution in [0.4, 0.5) is 0 Å². The van der Waals surface area contributed by atoms with Crippen LogP contribution in [-0.2, 0) is 0 Å². The third-order valence-electron chi connectivity index (χ3n) is 2.63. The lowest BCUT2D eigenvalue weighted by Gasteiger charge is -2.11. The largest absolute Gasteiger partial charge is 0.493 e. The standard InChI is InChI=1S/C14H21NO3S/c1-4-19-9-5-8-18-13-7-6-12(11(2)15-16)10-14(13)17-3/h6-7,10,16H,4-5,8-9H2,1-3H3/b15-11+. The van der Waals surface area contributed by atoms with Crippen molar-refractivity contribution in [1.82, 2.24) is 0 Å². The van der Waals surface area contributed by atoms with Crippen molar-refractivity contribution in [2.45, 2.75) is 20.3 Å². The quantitative estimate of drug-likeness (QED) is 0.344. The maximum absolute atomic E-state index is 8.76. The van der Waals surface area contributed by atoms with Crippen LogP contribution in [0.3, 0.4) is 0 Å². The molecule has 1 aromatic rings. The number of thioether (sulfide) groups is 1. The minimum absolute atomic E-state index is 0.546. The van der Waals surface area contributed by atoms with Crippen molar-refractivity contribution >= 4 is 17.5 Å². The van der Waals surface area contributed by atoms with E-state index in [2.05, 4.69) is 12.1 Å². The molecule has 1 N–H and O–H groups in total. The molecule has 1 aromatic carbocycles. The van der Waals surface area contributed by atoms with Crippen molar-refractivity contribution in [2.24, 2.45) is 5.16 Å². The summed E-state index contributed by atoms with van der Waals surface area (Å²) in [6.45, 7) is 4.56. The summed E-state index contributed by atoms with van der Waals surface area (Å²) in [6.07, 6.45) is 1.01. The van der Waals surface area contributed by atoms with Gasteiger partial charge in [0.1, 0.15) is 0 Å². The fraction of sp³-hybridized carbons (Fsp3) is 0.500.